The highest BCUT2D eigenvalue weighted by atomic mass is 16.4. The summed E-state index contributed by atoms with van der Waals surface area (Å²) in [5, 5.41) is 22.7. The van der Waals surface area contributed by atoms with Crippen LogP contribution in [0.1, 0.15) is 29.0 Å². The van der Waals surface area contributed by atoms with Gasteiger partial charge in [0.25, 0.3) is 0 Å². The summed E-state index contributed by atoms with van der Waals surface area (Å²) >= 11 is 0. The van der Waals surface area contributed by atoms with Crippen LogP contribution in [0.5, 0.6) is 0 Å². The fraction of sp³-hybridized carbons (Fsp3) is 0.308. The number of carbonyl (C=O) groups excluding carboxylic acids is 1. The Morgan fingerprint density at radius 1 is 1.33 bits per heavy atom. The van der Waals surface area contributed by atoms with Gasteiger partial charge in [-0.15, -0.1) is 5.10 Å². The standard InChI is InChI=1S/C13H15N5O3/c1-9-15-16-17-18(9)8-4-7-12(19)14-11-6-3-2-5-10(11)13(20)21/h2-3,5-6H,4,7-8H2,1H3,(H,14,19)(H,20,21). The van der Waals surface area contributed by atoms with Crippen LogP contribution in [0.15, 0.2) is 24.3 Å². The predicted molar refractivity (Wildman–Crippen MR) is 73.8 cm³/mol. The van der Waals surface area contributed by atoms with Gasteiger partial charge in [-0.05, 0) is 35.9 Å². The van der Waals surface area contributed by atoms with E-state index < -0.39 is 5.97 Å². The second-order valence-corrected chi connectivity index (χ2v) is 4.45. The molecule has 0 aliphatic rings. The number of nitrogens with one attached hydrogen (secondary N) is 1. The SMILES string of the molecule is Cc1nnnn1CCCC(=O)Nc1ccccc1C(=O)O. The van der Waals surface area contributed by atoms with Crippen LogP contribution >= 0.6 is 0 Å². The van der Waals surface area contributed by atoms with Crippen LogP contribution in [0.25, 0.3) is 0 Å². The number of carboxylic acid groups (broad SMARTS) is 1. The molecule has 0 fully saturated rings. The summed E-state index contributed by atoms with van der Waals surface area (Å²) in [5.74, 6) is -0.628. The van der Waals surface area contributed by atoms with Crippen molar-refractivity contribution in [3.63, 3.8) is 0 Å². The van der Waals surface area contributed by atoms with Gasteiger partial charge >= 0.3 is 5.97 Å². The first kappa shape index (κ1) is 14.6. The number of nitrogens with zero attached hydrogens (tertiary/aromatic N) is 4. The highest BCUT2D eigenvalue weighted by Crippen LogP contribution is 2.15. The van der Waals surface area contributed by atoms with E-state index in [0.717, 1.165) is 0 Å². The molecule has 0 aliphatic carbocycles. The van der Waals surface area contributed by atoms with Crippen LogP contribution in [-0.4, -0.2) is 37.2 Å². The van der Waals surface area contributed by atoms with Crippen molar-refractivity contribution in [3.05, 3.63) is 35.7 Å². The summed E-state index contributed by atoms with van der Waals surface area (Å²) in [6.07, 6.45) is 0.820. The fourth-order valence-electron chi connectivity index (χ4n) is 1.84. The van der Waals surface area contributed by atoms with Gasteiger partial charge in [-0.1, -0.05) is 12.1 Å². The topological polar surface area (TPSA) is 110 Å². The van der Waals surface area contributed by atoms with E-state index in [1.165, 1.54) is 6.07 Å². The minimum Gasteiger partial charge on any atom is -0.478 e. The van der Waals surface area contributed by atoms with Crippen molar-refractivity contribution >= 4 is 17.6 Å². The molecule has 1 amide bonds. The Bertz CT molecular complexity index is 653. The van der Waals surface area contributed by atoms with Gasteiger partial charge in [0.15, 0.2) is 0 Å². The van der Waals surface area contributed by atoms with Gasteiger partial charge in [0.1, 0.15) is 5.82 Å². The molecule has 0 unspecified atom stereocenters. The van der Waals surface area contributed by atoms with Crippen molar-refractivity contribution in [2.45, 2.75) is 26.3 Å². The van der Waals surface area contributed by atoms with E-state index in [1.54, 1.807) is 29.8 Å². The van der Waals surface area contributed by atoms with Gasteiger partial charge in [0, 0.05) is 13.0 Å². The van der Waals surface area contributed by atoms with E-state index in [4.69, 9.17) is 5.11 Å². The van der Waals surface area contributed by atoms with Crippen molar-refractivity contribution in [2.75, 3.05) is 5.32 Å². The van der Waals surface area contributed by atoms with E-state index >= 15 is 0 Å². The van der Waals surface area contributed by atoms with Crippen molar-refractivity contribution in [3.8, 4) is 0 Å². The number of hydrogen-bond acceptors (Lipinski definition) is 5. The lowest BCUT2D eigenvalue weighted by Crippen LogP contribution is -2.15. The van der Waals surface area contributed by atoms with Gasteiger partial charge in [-0.2, -0.15) is 0 Å². The fourth-order valence-corrected chi connectivity index (χ4v) is 1.84. The third-order valence-corrected chi connectivity index (χ3v) is 2.92. The largest absolute Gasteiger partial charge is 0.478 e. The number of carboxylic acids is 1. The number of rotatable bonds is 6. The molecular formula is C13H15N5O3. The molecule has 0 bridgehead atoms. The lowest BCUT2D eigenvalue weighted by Gasteiger charge is -2.08. The molecule has 8 nitrogen and oxygen atoms in total. The molecule has 0 atom stereocenters. The summed E-state index contributed by atoms with van der Waals surface area (Å²) in [5.41, 5.74) is 0.371. The zero-order chi connectivity index (χ0) is 15.2. The highest BCUT2D eigenvalue weighted by Gasteiger charge is 2.11. The molecule has 8 heteroatoms. The Morgan fingerprint density at radius 2 is 2.10 bits per heavy atom. The molecule has 1 aromatic carbocycles. The van der Waals surface area contributed by atoms with Gasteiger partial charge < -0.3 is 10.4 Å². The Morgan fingerprint density at radius 3 is 2.76 bits per heavy atom. The number of tetrazole rings is 1. The van der Waals surface area contributed by atoms with E-state index in [2.05, 4.69) is 20.8 Å². The van der Waals surface area contributed by atoms with Crippen molar-refractivity contribution in [2.24, 2.45) is 0 Å². The smallest absolute Gasteiger partial charge is 0.337 e. The van der Waals surface area contributed by atoms with Crippen LogP contribution < -0.4 is 5.32 Å². The van der Waals surface area contributed by atoms with Crippen LogP contribution in [0.4, 0.5) is 5.69 Å². The van der Waals surface area contributed by atoms with Gasteiger partial charge in [0.05, 0.1) is 11.3 Å². The third-order valence-electron chi connectivity index (χ3n) is 2.92. The molecule has 1 aromatic heterocycles. The van der Waals surface area contributed by atoms with Crippen LogP contribution in [0, 0.1) is 6.92 Å². The molecule has 110 valence electrons. The monoisotopic (exact) mass is 289 g/mol. The van der Waals surface area contributed by atoms with E-state index in [0.29, 0.717) is 24.5 Å². The Kier molecular flexibility index (Phi) is 4.60. The number of hydrogen-bond donors (Lipinski definition) is 2. The summed E-state index contributed by atoms with van der Waals surface area (Å²) in [4.78, 5) is 22.9. The van der Waals surface area contributed by atoms with Crippen LogP contribution in [-0.2, 0) is 11.3 Å². The second kappa shape index (κ2) is 6.60. The second-order valence-electron chi connectivity index (χ2n) is 4.45. The first-order valence-corrected chi connectivity index (χ1v) is 6.43. The summed E-state index contributed by atoms with van der Waals surface area (Å²) < 4.78 is 1.61. The van der Waals surface area contributed by atoms with Crippen LogP contribution in [0.3, 0.4) is 0 Å². The highest BCUT2D eigenvalue weighted by molar-refractivity contribution is 6.00. The Balaban J connectivity index is 1.88. The Hall–Kier alpha value is -2.77. The molecule has 2 aromatic rings. The number of aromatic nitrogens is 4. The van der Waals surface area contributed by atoms with Gasteiger partial charge in [-0.25, -0.2) is 9.48 Å². The first-order chi connectivity index (χ1) is 10.1. The molecule has 0 saturated heterocycles. The normalized spacial score (nSPS) is 10.3. The number of aryl methyl sites for hydroxylation is 2. The predicted octanol–water partition coefficient (Wildman–Crippen LogP) is 1.10. The molecule has 21 heavy (non-hydrogen) atoms. The number of carbonyl (C=O) groups is 2. The summed E-state index contributed by atoms with van der Waals surface area (Å²) in [6.45, 7) is 2.32. The van der Waals surface area contributed by atoms with Crippen LogP contribution in [0.2, 0.25) is 0 Å². The number of para-hydroxylation sites is 1. The number of benzene rings is 1. The van der Waals surface area contributed by atoms with Crippen molar-refractivity contribution < 1.29 is 14.7 Å². The van der Waals surface area contributed by atoms with E-state index in [1.807, 2.05) is 0 Å². The Labute approximate surface area is 120 Å². The zero-order valence-electron chi connectivity index (χ0n) is 11.5. The molecule has 2 N–H and O–H groups in total. The molecule has 1 heterocycles. The lowest BCUT2D eigenvalue weighted by molar-refractivity contribution is -0.116. The summed E-state index contributed by atoms with van der Waals surface area (Å²) in [7, 11) is 0. The van der Waals surface area contributed by atoms with Gasteiger partial charge in [0.2, 0.25) is 5.91 Å². The minimum atomic E-state index is -1.07. The minimum absolute atomic E-state index is 0.0715. The molecule has 0 radical (unpaired) electrons. The molecular weight excluding hydrogens is 274 g/mol. The maximum absolute atomic E-state index is 11.8. The molecule has 0 spiro atoms. The maximum Gasteiger partial charge on any atom is 0.337 e. The lowest BCUT2D eigenvalue weighted by atomic mass is 10.1. The number of amides is 1. The maximum atomic E-state index is 11.8. The summed E-state index contributed by atoms with van der Waals surface area (Å²) in [6, 6.07) is 6.29. The van der Waals surface area contributed by atoms with Crippen molar-refractivity contribution in [1.29, 1.82) is 0 Å². The molecule has 0 aliphatic heterocycles. The average Bonchev–Trinajstić information content (AvgIpc) is 2.85. The quantitative estimate of drug-likeness (QED) is 0.824. The molecule has 0 saturated carbocycles. The van der Waals surface area contributed by atoms with Crippen molar-refractivity contribution in [1.82, 2.24) is 20.2 Å². The third kappa shape index (κ3) is 3.85. The number of anilines is 1. The zero-order valence-corrected chi connectivity index (χ0v) is 11.5. The molecule has 2 rings (SSSR count). The van der Waals surface area contributed by atoms with E-state index in [-0.39, 0.29) is 17.9 Å². The average molecular weight is 289 g/mol. The first-order valence-electron chi connectivity index (χ1n) is 6.43. The van der Waals surface area contributed by atoms with E-state index in [9.17, 15) is 9.59 Å². The number of aromatic carboxylic acids is 1. The van der Waals surface area contributed by atoms with Gasteiger partial charge in [-0.3, -0.25) is 4.79 Å².